The molecule has 1 heterocycles. The van der Waals surface area contributed by atoms with E-state index in [9.17, 15) is 0 Å². The van der Waals surface area contributed by atoms with E-state index in [4.69, 9.17) is 0 Å². The minimum atomic E-state index is 0.719. The van der Waals surface area contributed by atoms with E-state index in [1.165, 1.54) is 35.9 Å². The molecule has 13 heavy (non-hydrogen) atoms. The molecule has 1 aromatic carbocycles. The van der Waals surface area contributed by atoms with Crippen molar-refractivity contribution >= 4 is 10.9 Å². The number of rotatable bonds is 1. The molecule has 2 heteroatoms. The van der Waals surface area contributed by atoms with E-state index in [-0.39, 0.29) is 0 Å². The standard InChI is InChI=1S/C11H12N2/c1-2-7-10-9(6-1)11(13-12-10)8-4-3-5-8/h1-2,6-8H,3-5H2,(H,12,13). The molecule has 3 rings (SSSR count). The molecule has 0 radical (unpaired) electrons. The van der Waals surface area contributed by atoms with E-state index in [1.54, 1.807) is 0 Å². The Bertz CT molecular complexity index is 426. The van der Waals surface area contributed by atoms with Crippen molar-refractivity contribution in [3.8, 4) is 0 Å². The third-order valence-corrected chi connectivity index (χ3v) is 2.99. The maximum Gasteiger partial charge on any atom is 0.0731 e. The highest BCUT2D eigenvalue weighted by Gasteiger charge is 2.23. The third-order valence-electron chi connectivity index (χ3n) is 2.99. The molecule has 0 unspecified atom stereocenters. The van der Waals surface area contributed by atoms with Gasteiger partial charge < -0.3 is 0 Å². The second kappa shape index (κ2) is 2.59. The second-order valence-corrected chi connectivity index (χ2v) is 3.78. The summed E-state index contributed by atoms with van der Waals surface area (Å²) in [6.45, 7) is 0. The molecule has 0 saturated heterocycles. The zero-order valence-corrected chi connectivity index (χ0v) is 7.46. The largest absolute Gasteiger partial charge is 0.278 e. The van der Waals surface area contributed by atoms with Gasteiger partial charge in [0.15, 0.2) is 0 Å². The van der Waals surface area contributed by atoms with Gasteiger partial charge in [-0.25, -0.2) is 0 Å². The van der Waals surface area contributed by atoms with Crippen LogP contribution in [-0.4, -0.2) is 10.2 Å². The zero-order valence-electron chi connectivity index (χ0n) is 7.46. The summed E-state index contributed by atoms with van der Waals surface area (Å²) in [6.07, 6.45) is 4.00. The van der Waals surface area contributed by atoms with Crippen LogP contribution < -0.4 is 0 Å². The molecule has 0 aliphatic heterocycles. The average Bonchev–Trinajstić information content (AvgIpc) is 2.47. The van der Waals surface area contributed by atoms with Crippen LogP contribution in [-0.2, 0) is 0 Å². The molecule has 0 spiro atoms. The number of para-hydroxylation sites is 1. The van der Waals surface area contributed by atoms with Crippen molar-refractivity contribution in [1.82, 2.24) is 10.2 Å². The van der Waals surface area contributed by atoms with Gasteiger partial charge in [0.1, 0.15) is 0 Å². The van der Waals surface area contributed by atoms with Gasteiger partial charge in [0.25, 0.3) is 0 Å². The molecule has 1 aliphatic rings. The minimum Gasteiger partial charge on any atom is -0.278 e. The number of fused-ring (bicyclic) bond motifs is 1. The van der Waals surface area contributed by atoms with Gasteiger partial charge in [-0.15, -0.1) is 0 Å². The van der Waals surface area contributed by atoms with Crippen LogP contribution in [0.3, 0.4) is 0 Å². The number of aromatic nitrogens is 2. The van der Waals surface area contributed by atoms with Gasteiger partial charge in [-0.3, -0.25) is 5.10 Å². The Balaban J connectivity index is 2.17. The number of nitrogens with one attached hydrogen (secondary N) is 1. The topological polar surface area (TPSA) is 28.7 Å². The summed E-state index contributed by atoms with van der Waals surface area (Å²) >= 11 is 0. The fraction of sp³-hybridized carbons (Fsp3) is 0.364. The number of benzene rings is 1. The first-order valence-corrected chi connectivity index (χ1v) is 4.88. The first-order chi connectivity index (χ1) is 6.45. The summed E-state index contributed by atoms with van der Waals surface area (Å²) in [5.41, 5.74) is 2.45. The Kier molecular flexibility index (Phi) is 1.42. The average molecular weight is 172 g/mol. The van der Waals surface area contributed by atoms with Gasteiger partial charge in [-0.1, -0.05) is 24.6 Å². The number of H-pyrrole nitrogens is 1. The second-order valence-electron chi connectivity index (χ2n) is 3.78. The molecule has 2 aromatic rings. The monoisotopic (exact) mass is 172 g/mol. The molecule has 1 N–H and O–H groups in total. The lowest BCUT2D eigenvalue weighted by molar-refractivity contribution is 0.413. The minimum absolute atomic E-state index is 0.719. The third kappa shape index (κ3) is 0.981. The predicted octanol–water partition coefficient (Wildman–Crippen LogP) is 2.83. The molecule has 2 nitrogen and oxygen atoms in total. The Morgan fingerprint density at radius 2 is 2.08 bits per heavy atom. The van der Waals surface area contributed by atoms with Crippen molar-refractivity contribution in [3.05, 3.63) is 30.0 Å². The molecular weight excluding hydrogens is 160 g/mol. The highest BCUT2D eigenvalue weighted by molar-refractivity contribution is 5.81. The van der Waals surface area contributed by atoms with Crippen molar-refractivity contribution in [2.75, 3.05) is 0 Å². The Hall–Kier alpha value is -1.31. The van der Waals surface area contributed by atoms with Crippen LogP contribution in [0, 0.1) is 0 Å². The fourth-order valence-corrected chi connectivity index (χ4v) is 1.98. The smallest absolute Gasteiger partial charge is 0.0731 e. The van der Waals surface area contributed by atoms with Crippen molar-refractivity contribution in [1.29, 1.82) is 0 Å². The van der Waals surface area contributed by atoms with Crippen LogP contribution in [0.5, 0.6) is 0 Å². The van der Waals surface area contributed by atoms with Crippen molar-refractivity contribution in [2.24, 2.45) is 0 Å². The van der Waals surface area contributed by atoms with Gasteiger partial charge in [0, 0.05) is 11.3 Å². The normalized spacial score (nSPS) is 17.5. The lowest BCUT2D eigenvalue weighted by Crippen LogP contribution is -2.09. The van der Waals surface area contributed by atoms with E-state index < -0.39 is 0 Å². The van der Waals surface area contributed by atoms with Gasteiger partial charge >= 0.3 is 0 Å². The summed E-state index contributed by atoms with van der Waals surface area (Å²) in [6, 6.07) is 8.38. The Morgan fingerprint density at radius 3 is 2.85 bits per heavy atom. The summed E-state index contributed by atoms with van der Waals surface area (Å²) in [5.74, 6) is 0.719. The highest BCUT2D eigenvalue weighted by atomic mass is 15.1. The van der Waals surface area contributed by atoms with Gasteiger partial charge in [-0.2, -0.15) is 5.10 Å². The van der Waals surface area contributed by atoms with E-state index >= 15 is 0 Å². The zero-order chi connectivity index (χ0) is 8.67. The summed E-state index contributed by atoms with van der Waals surface area (Å²) in [7, 11) is 0. The van der Waals surface area contributed by atoms with Crippen LogP contribution in [0.2, 0.25) is 0 Å². The first-order valence-electron chi connectivity index (χ1n) is 4.88. The molecule has 0 amide bonds. The lowest BCUT2D eigenvalue weighted by atomic mass is 9.82. The van der Waals surface area contributed by atoms with Crippen molar-refractivity contribution < 1.29 is 0 Å². The van der Waals surface area contributed by atoms with E-state index in [1.807, 2.05) is 6.07 Å². The SMILES string of the molecule is c1ccc2c(C3CCC3)n[nH]c2c1. The lowest BCUT2D eigenvalue weighted by Gasteiger charge is -2.23. The predicted molar refractivity (Wildman–Crippen MR) is 52.7 cm³/mol. The molecule has 1 aliphatic carbocycles. The Labute approximate surface area is 77.0 Å². The fourth-order valence-electron chi connectivity index (χ4n) is 1.98. The van der Waals surface area contributed by atoms with E-state index in [2.05, 4.69) is 28.4 Å². The number of aromatic amines is 1. The number of nitrogens with zero attached hydrogens (tertiary/aromatic N) is 1. The van der Waals surface area contributed by atoms with E-state index in [0.717, 1.165) is 5.92 Å². The summed E-state index contributed by atoms with van der Waals surface area (Å²) in [5, 5.41) is 8.79. The van der Waals surface area contributed by atoms with Crippen molar-refractivity contribution in [3.63, 3.8) is 0 Å². The van der Waals surface area contributed by atoms with Crippen LogP contribution in [0.1, 0.15) is 30.9 Å². The molecule has 1 saturated carbocycles. The molecule has 66 valence electrons. The quantitative estimate of drug-likeness (QED) is 0.704. The Morgan fingerprint density at radius 1 is 1.23 bits per heavy atom. The van der Waals surface area contributed by atoms with Crippen LogP contribution in [0.4, 0.5) is 0 Å². The van der Waals surface area contributed by atoms with Crippen LogP contribution in [0.15, 0.2) is 24.3 Å². The van der Waals surface area contributed by atoms with Gasteiger partial charge in [0.05, 0.1) is 11.2 Å². The molecular formula is C11H12N2. The molecule has 1 aromatic heterocycles. The molecule has 0 bridgehead atoms. The van der Waals surface area contributed by atoms with Gasteiger partial charge in [0.2, 0.25) is 0 Å². The van der Waals surface area contributed by atoms with Crippen LogP contribution in [0.25, 0.3) is 10.9 Å². The highest BCUT2D eigenvalue weighted by Crippen LogP contribution is 2.38. The number of hydrogen-bond acceptors (Lipinski definition) is 1. The molecule has 1 fully saturated rings. The molecule has 0 atom stereocenters. The number of hydrogen-bond donors (Lipinski definition) is 1. The summed E-state index contributed by atoms with van der Waals surface area (Å²) in [4.78, 5) is 0. The maximum absolute atomic E-state index is 4.39. The van der Waals surface area contributed by atoms with Gasteiger partial charge in [-0.05, 0) is 18.9 Å². The van der Waals surface area contributed by atoms with Crippen molar-refractivity contribution in [2.45, 2.75) is 25.2 Å². The first kappa shape index (κ1) is 7.13. The van der Waals surface area contributed by atoms with Crippen LogP contribution >= 0.6 is 0 Å². The maximum atomic E-state index is 4.39. The summed E-state index contributed by atoms with van der Waals surface area (Å²) < 4.78 is 0. The van der Waals surface area contributed by atoms with E-state index in [0.29, 0.717) is 0 Å².